The van der Waals surface area contributed by atoms with Crippen LogP contribution in [0.15, 0.2) is 0 Å². The molecule has 1 N–H and O–H groups in total. The molecule has 1 atom stereocenters. The van der Waals surface area contributed by atoms with Crippen molar-refractivity contribution < 1.29 is 9.47 Å². The molecule has 3 heteroatoms. The van der Waals surface area contributed by atoms with Crippen molar-refractivity contribution in [2.24, 2.45) is 5.92 Å². The Kier molecular flexibility index (Phi) is 3.65. The van der Waals surface area contributed by atoms with Gasteiger partial charge >= 0.3 is 0 Å². The van der Waals surface area contributed by atoms with E-state index >= 15 is 0 Å². The molecule has 2 rings (SSSR count). The summed E-state index contributed by atoms with van der Waals surface area (Å²) in [5, 5.41) is 3.62. The summed E-state index contributed by atoms with van der Waals surface area (Å²) in [6.45, 7) is 6.80. The molecular weight excluding hydrogens is 190 g/mol. The molecular formula is C12H23NO2. The first-order valence-corrected chi connectivity index (χ1v) is 6.25. The number of hydrogen-bond donors (Lipinski definition) is 1. The maximum atomic E-state index is 5.57. The lowest BCUT2D eigenvalue weighted by atomic mass is 10.1. The minimum atomic E-state index is -0.325. The van der Waals surface area contributed by atoms with Gasteiger partial charge in [0.15, 0.2) is 5.79 Å². The number of nitrogens with one attached hydrogen (secondary N) is 1. The van der Waals surface area contributed by atoms with Gasteiger partial charge in [-0.25, -0.2) is 0 Å². The zero-order chi connectivity index (χ0) is 10.7. The van der Waals surface area contributed by atoms with Crippen molar-refractivity contribution in [3.8, 4) is 0 Å². The highest BCUT2D eigenvalue weighted by Gasteiger charge is 2.32. The molecule has 0 amide bonds. The van der Waals surface area contributed by atoms with Crippen LogP contribution in [0.1, 0.15) is 39.5 Å². The van der Waals surface area contributed by atoms with E-state index in [0.717, 1.165) is 38.1 Å². The summed E-state index contributed by atoms with van der Waals surface area (Å²) in [5.74, 6) is 0.614. The maximum absolute atomic E-state index is 5.57. The Labute approximate surface area is 92.5 Å². The van der Waals surface area contributed by atoms with Gasteiger partial charge in [0.25, 0.3) is 0 Å². The van der Waals surface area contributed by atoms with Crippen LogP contribution in [-0.2, 0) is 9.47 Å². The molecule has 0 radical (unpaired) electrons. The van der Waals surface area contributed by atoms with Crippen LogP contribution in [0.25, 0.3) is 0 Å². The first-order valence-electron chi connectivity index (χ1n) is 6.25. The Balaban J connectivity index is 1.64. The van der Waals surface area contributed by atoms with Crippen molar-refractivity contribution in [1.82, 2.24) is 5.32 Å². The van der Waals surface area contributed by atoms with Crippen LogP contribution in [0.3, 0.4) is 0 Å². The fourth-order valence-corrected chi connectivity index (χ4v) is 2.33. The van der Waals surface area contributed by atoms with Crippen molar-refractivity contribution in [3.63, 3.8) is 0 Å². The van der Waals surface area contributed by atoms with Crippen LogP contribution in [0.5, 0.6) is 0 Å². The third-order valence-electron chi connectivity index (χ3n) is 3.51. The van der Waals surface area contributed by atoms with Gasteiger partial charge in [-0.3, -0.25) is 0 Å². The first-order chi connectivity index (χ1) is 7.23. The van der Waals surface area contributed by atoms with Gasteiger partial charge in [-0.15, -0.1) is 0 Å². The minimum Gasteiger partial charge on any atom is -0.348 e. The highest BCUT2D eigenvalue weighted by molar-refractivity contribution is 4.85. The molecule has 1 aliphatic heterocycles. The SMILES string of the molecule is CCC(NCCC1(C)OCCO1)C1CC1. The zero-order valence-electron chi connectivity index (χ0n) is 9.92. The number of rotatable bonds is 6. The highest BCUT2D eigenvalue weighted by Crippen LogP contribution is 2.34. The van der Waals surface area contributed by atoms with E-state index in [0.29, 0.717) is 0 Å². The molecule has 15 heavy (non-hydrogen) atoms. The molecule has 0 bridgehead atoms. The Morgan fingerprint density at radius 2 is 2.00 bits per heavy atom. The van der Waals surface area contributed by atoms with Crippen LogP contribution in [0.2, 0.25) is 0 Å². The lowest BCUT2D eigenvalue weighted by Crippen LogP contribution is -2.36. The zero-order valence-corrected chi connectivity index (χ0v) is 9.92. The van der Waals surface area contributed by atoms with Crippen molar-refractivity contribution in [2.45, 2.75) is 51.4 Å². The van der Waals surface area contributed by atoms with E-state index in [1.165, 1.54) is 19.3 Å². The standard InChI is InChI=1S/C12H23NO2/c1-3-11(10-4-5-10)13-7-6-12(2)14-8-9-15-12/h10-11,13H,3-9H2,1-2H3. The van der Waals surface area contributed by atoms with Crippen molar-refractivity contribution in [2.75, 3.05) is 19.8 Å². The third-order valence-corrected chi connectivity index (χ3v) is 3.51. The average molecular weight is 213 g/mol. The van der Waals surface area contributed by atoms with Crippen molar-refractivity contribution in [1.29, 1.82) is 0 Å². The molecule has 1 saturated heterocycles. The van der Waals surface area contributed by atoms with E-state index in [-0.39, 0.29) is 5.79 Å². The van der Waals surface area contributed by atoms with Gasteiger partial charge in [-0.2, -0.15) is 0 Å². The van der Waals surface area contributed by atoms with Crippen LogP contribution in [-0.4, -0.2) is 31.6 Å². The average Bonchev–Trinajstić information content (AvgIpc) is 2.97. The second-order valence-electron chi connectivity index (χ2n) is 4.89. The van der Waals surface area contributed by atoms with Crippen LogP contribution in [0.4, 0.5) is 0 Å². The summed E-state index contributed by atoms with van der Waals surface area (Å²) in [6, 6.07) is 0.718. The quantitative estimate of drug-likeness (QED) is 0.731. The van der Waals surface area contributed by atoms with Crippen molar-refractivity contribution in [3.05, 3.63) is 0 Å². The molecule has 88 valence electrons. The molecule has 2 fully saturated rings. The van der Waals surface area contributed by atoms with E-state index < -0.39 is 0 Å². The summed E-state index contributed by atoms with van der Waals surface area (Å²) in [7, 11) is 0. The Hall–Kier alpha value is -0.120. The summed E-state index contributed by atoms with van der Waals surface area (Å²) in [4.78, 5) is 0. The van der Waals surface area contributed by atoms with Crippen molar-refractivity contribution >= 4 is 0 Å². The minimum absolute atomic E-state index is 0.325. The number of hydrogen-bond acceptors (Lipinski definition) is 3. The van der Waals surface area contributed by atoms with E-state index in [1.54, 1.807) is 0 Å². The monoisotopic (exact) mass is 213 g/mol. The van der Waals surface area contributed by atoms with Gasteiger partial charge in [-0.05, 0) is 32.1 Å². The van der Waals surface area contributed by atoms with Gasteiger partial charge in [-0.1, -0.05) is 6.92 Å². The Morgan fingerprint density at radius 3 is 2.53 bits per heavy atom. The van der Waals surface area contributed by atoms with Gasteiger partial charge < -0.3 is 14.8 Å². The summed E-state index contributed by atoms with van der Waals surface area (Å²) in [6.07, 6.45) is 5.02. The molecule has 0 spiro atoms. The van der Waals surface area contributed by atoms with E-state index in [1.807, 2.05) is 6.92 Å². The predicted molar refractivity (Wildman–Crippen MR) is 59.7 cm³/mol. The maximum Gasteiger partial charge on any atom is 0.166 e. The second kappa shape index (κ2) is 4.81. The van der Waals surface area contributed by atoms with Crippen LogP contribution >= 0.6 is 0 Å². The second-order valence-corrected chi connectivity index (χ2v) is 4.89. The molecule has 1 saturated carbocycles. The summed E-state index contributed by atoms with van der Waals surface area (Å²) < 4.78 is 11.1. The number of ether oxygens (including phenoxy) is 2. The molecule has 3 nitrogen and oxygen atoms in total. The van der Waals surface area contributed by atoms with Crippen LogP contribution < -0.4 is 5.32 Å². The topological polar surface area (TPSA) is 30.5 Å². The van der Waals surface area contributed by atoms with Crippen LogP contribution in [0, 0.1) is 5.92 Å². The Morgan fingerprint density at radius 1 is 1.33 bits per heavy atom. The molecule has 0 aromatic heterocycles. The fraction of sp³-hybridized carbons (Fsp3) is 1.00. The molecule has 2 aliphatic rings. The third kappa shape index (κ3) is 3.16. The predicted octanol–water partition coefficient (Wildman–Crippen LogP) is 1.92. The lowest BCUT2D eigenvalue weighted by molar-refractivity contribution is -0.145. The van der Waals surface area contributed by atoms with Gasteiger partial charge in [0.2, 0.25) is 0 Å². The Bertz CT molecular complexity index is 198. The van der Waals surface area contributed by atoms with E-state index in [2.05, 4.69) is 12.2 Å². The first kappa shape index (κ1) is 11.4. The molecule has 0 aromatic carbocycles. The molecule has 1 heterocycles. The summed E-state index contributed by atoms with van der Waals surface area (Å²) >= 11 is 0. The normalized spacial score (nSPS) is 26.8. The molecule has 0 aromatic rings. The highest BCUT2D eigenvalue weighted by atomic mass is 16.7. The van der Waals surface area contributed by atoms with Gasteiger partial charge in [0.1, 0.15) is 0 Å². The summed E-state index contributed by atoms with van der Waals surface area (Å²) in [5.41, 5.74) is 0. The largest absolute Gasteiger partial charge is 0.348 e. The fourth-order valence-electron chi connectivity index (χ4n) is 2.33. The molecule has 1 aliphatic carbocycles. The molecule has 1 unspecified atom stereocenters. The van der Waals surface area contributed by atoms with Gasteiger partial charge in [0, 0.05) is 19.0 Å². The van der Waals surface area contributed by atoms with E-state index in [9.17, 15) is 0 Å². The van der Waals surface area contributed by atoms with Gasteiger partial charge in [0.05, 0.1) is 13.2 Å². The smallest absolute Gasteiger partial charge is 0.166 e. The lowest BCUT2D eigenvalue weighted by Gasteiger charge is -2.24. The van der Waals surface area contributed by atoms with E-state index in [4.69, 9.17) is 9.47 Å².